The van der Waals surface area contributed by atoms with Gasteiger partial charge < -0.3 is 18.6 Å². The smallest absolute Gasteiger partial charge is 0.290 e. The molecule has 1 amide bonds. The van der Waals surface area contributed by atoms with Crippen LogP contribution in [0.3, 0.4) is 0 Å². The molecule has 2 saturated heterocycles. The molecule has 0 N–H and O–H groups in total. The van der Waals surface area contributed by atoms with Gasteiger partial charge in [-0.05, 0) is 32.8 Å². The number of nitrogens with zero attached hydrogens (tertiary/aromatic N) is 3. The monoisotopic (exact) mass is 317 g/mol. The number of piperidine rings is 1. The highest BCUT2D eigenvalue weighted by Crippen LogP contribution is 2.36. The van der Waals surface area contributed by atoms with Crippen molar-refractivity contribution in [1.82, 2.24) is 15.0 Å². The number of aromatic nitrogens is 2. The van der Waals surface area contributed by atoms with Gasteiger partial charge in [0.2, 0.25) is 5.89 Å². The number of aryl methyl sites for hydroxylation is 2. The summed E-state index contributed by atoms with van der Waals surface area (Å²) < 4.78 is 16.5. The Hall–Kier alpha value is -2.15. The average molecular weight is 317 g/mol. The first-order valence-electron chi connectivity index (χ1n) is 7.90. The Balaban J connectivity index is 1.63. The number of fused-ring (bicyclic) bond motifs is 1. The summed E-state index contributed by atoms with van der Waals surface area (Å²) in [5.74, 6) is 1.49. The van der Waals surface area contributed by atoms with Crippen LogP contribution in [-0.2, 0) is 4.74 Å². The topological polar surface area (TPSA) is 81.6 Å². The number of furan rings is 1. The number of rotatable bonds is 2. The first kappa shape index (κ1) is 14.4. The summed E-state index contributed by atoms with van der Waals surface area (Å²) in [6, 6.07) is 1.89. The van der Waals surface area contributed by atoms with Gasteiger partial charge in [-0.1, -0.05) is 5.16 Å². The van der Waals surface area contributed by atoms with Gasteiger partial charge in [-0.15, -0.1) is 0 Å². The second-order valence-electron chi connectivity index (χ2n) is 6.27. The third kappa shape index (κ3) is 2.45. The van der Waals surface area contributed by atoms with E-state index in [1.54, 1.807) is 19.3 Å². The molecule has 0 saturated carbocycles. The molecule has 2 aromatic rings. The molecule has 23 heavy (non-hydrogen) atoms. The van der Waals surface area contributed by atoms with E-state index in [-0.39, 0.29) is 24.0 Å². The van der Waals surface area contributed by atoms with Crippen molar-refractivity contribution < 1.29 is 18.5 Å². The predicted molar refractivity (Wildman–Crippen MR) is 79.0 cm³/mol. The number of ether oxygens (including phenoxy) is 1. The zero-order chi connectivity index (χ0) is 16.0. The molecule has 7 nitrogen and oxygen atoms in total. The number of likely N-dealkylation sites (tertiary alicyclic amines) is 1. The summed E-state index contributed by atoms with van der Waals surface area (Å²) in [6.45, 7) is 4.89. The predicted octanol–water partition coefficient (Wildman–Crippen LogP) is 2.07. The van der Waals surface area contributed by atoms with Crippen LogP contribution < -0.4 is 0 Å². The van der Waals surface area contributed by atoms with Crippen molar-refractivity contribution in [3.8, 4) is 0 Å². The van der Waals surface area contributed by atoms with Crippen LogP contribution >= 0.6 is 0 Å². The van der Waals surface area contributed by atoms with E-state index in [4.69, 9.17) is 13.7 Å². The summed E-state index contributed by atoms with van der Waals surface area (Å²) in [6.07, 6.45) is 3.22. The summed E-state index contributed by atoms with van der Waals surface area (Å²) >= 11 is 0. The van der Waals surface area contributed by atoms with E-state index < -0.39 is 0 Å². The molecule has 0 aliphatic carbocycles. The number of hydrogen-bond donors (Lipinski definition) is 0. The maximum atomic E-state index is 12.9. The van der Waals surface area contributed by atoms with Crippen LogP contribution in [0.2, 0.25) is 0 Å². The van der Waals surface area contributed by atoms with Gasteiger partial charge in [0.25, 0.3) is 5.91 Å². The van der Waals surface area contributed by atoms with Crippen molar-refractivity contribution in [2.24, 2.45) is 0 Å². The molecule has 0 aromatic carbocycles. The SMILES string of the molecule is Cc1noc([C@@H]2C[C@H]3OCC[C@H]3N(C(=O)c3occc3C)C2)n1. The fraction of sp³-hybridized carbons (Fsp3) is 0.562. The van der Waals surface area contributed by atoms with Crippen molar-refractivity contribution >= 4 is 5.91 Å². The fourth-order valence-electron chi connectivity index (χ4n) is 3.56. The molecule has 0 bridgehead atoms. The molecule has 0 spiro atoms. The van der Waals surface area contributed by atoms with Gasteiger partial charge in [-0.3, -0.25) is 4.79 Å². The fourth-order valence-corrected chi connectivity index (χ4v) is 3.56. The van der Waals surface area contributed by atoms with E-state index in [1.807, 2.05) is 11.8 Å². The van der Waals surface area contributed by atoms with Gasteiger partial charge in [-0.2, -0.15) is 4.98 Å². The molecule has 2 aliphatic heterocycles. The van der Waals surface area contributed by atoms with Crippen LogP contribution in [-0.4, -0.2) is 46.2 Å². The number of amides is 1. The van der Waals surface area contributed by atoms with Crippen molar-refractivity contribution in [3.63, 3.8) is 0 Å². The van der Waals surface area contributed by atoms with Crippen LogP contribution in [0.25, 0.3) is 0 Å². The van der Waals surface area contributed by atoms with Crippen LogP contribution in [0.15, 0.2) is 21.3 Å². The highest BCUT2D eigenvalue weighted by molar-refractivity contribution is 5.93. The minimum Gasteiger partial charge on any atom is -0.459 e. The molecule has 0 radical (unpaired) electrons. The Bertz CT molecular complexity index is 722. The highest BCUT2D eigenvalue weighted by atomic mass is 16.5. The Morgan fingerprint density at radius 3 is 2.96 bits per heavy atom. The lowest BCUT2D eigenvalue weighted by Crippen LogP contribution is -2.51. The molecular formula is C16H19N3O4. The summed E-state index contributed by atoms with van der Waals surface area (Å²) in [5, 5.41) is 3.86. The second-order valence-corrected chi connectivity index (χ2v) is 6.27. The second kappa shape index (κ2) is 5.49. The lowest BCUT2D eigenvalue weighted by atomic mass is 9.89. The van der Waals surface area contributed by atoms with Gasteiger partial charge >= 0.3 is 0 Å². The number of carbonyl (C=O) groups is 1. The largest absolute Gasteiger partial charge is 0.459 e. The first-order valence-corrected chi connectivity index (χ1v) is 7.90. The average Bonchev–Trinajstić information content (AvgIpc) is 3.25. The molecule has 4 heterocycles. The lowest BCUT2D eigenvalue weighted by molar-refractivity contribution is 0.0108. The van der Waals surface area contributed by atoms with Crippen molar-refractivity contribution in [2.75, 3.05) is 13.2 Å². The quantitative estimate of drug-likeness (QED) is 0.843. The minimum absolute atomic E-state index is 0.00484. The Kier molecular flexibility index (Phi) is 3.45. The molecule has 2 fully saturated rings. The minimum atomic E-state index is -0.0889. The van der Waals surface area contributed by atoms with Crippen LogP contribution in [0, 0.1) is 13.8 Å². The molecule has 122 valence electrons. The zero-order valence-electron chi connectivity index (χ0n) is 13.2. The molecule has 2 aromatic heterocycles. The Morgan fingerprint density at radius 2 is 2.26 bits per heavy atom. The van der Waals surface area contributed by atoms with Crippen molar-refractivity contribution in [2.45, 2.75) is 44.8 Å². The zero-order valence-corrected chi connectivity index (χ0v) is 13.2. The molecule has 0 unspecified atom stereocenters. The maximum Gasteiger partial charge on any atom is 0.290 e. The lowest BCUT2D eigenvalue weighted by Gasteiger charge is -2.39. The normalized spacial score (nSPS) is 27.2. The van der Waals surface area contributed by atoms with Crippen LogP contribution in [0.5, 0.6) is 0 Å². The maximum absolute atomic E-state index is 12.9. The highest BCUT2D eigenvalue weighted by Gasteiger charge is 2.45. The van der Waals surface area contributed by atoms with E-state index in [0.717, 1.165) is 18.4 Å². The Labute approximate surface area is 133 Å². The summed E-state index contributed by atoms with van der Waals surface area (Å²) in [7, 11) is 0. The van der Waals surface area contributed by atoms with Gasteiger partial charge in [0.1, 0.15) is 0 Å². The van der Waals surface area contributed by atoms with E-state index in [2.05, 4.69) is 10.1 Å². The third-order valence-electron chi connectivity index (χ3n) is 4.72. The van der Waals surface area contributed by atoms with Crippen LogP contribution in [0.4, 0.5) is 0 Å². The molecule has 4 rings (SSSR count). The first-order chi connectivity index (χ1) is 11.1. The Morgan fingerprint density at radius 1 is 1.39 bits per heavy atom. The molecule has 2 aliphatic rings. The third-order valence-corrected chi connectivity index (χ3v) is 4.72. The van der Waals surface area contributed by atoms with Gasteiger partial charge in [0.05, 0.1) is 24.3 Å². The van der Waals surface area contributed by atoms with Gasteiger partial charge in [0.15, 0.2) is 11.6 Å². The summed E-state index contributed by atoms with van der Waals surface area (Å²) in [5.41, 5.74) is 0.848. The van der Waals surface area contributed by atoms with Gasteiger partial charge in [0, 0.05) is 18.7 Å². The number of carbonyl (C=O) groups excluding carboxylic acids is 1. The molecular weight excluding hydrogens is 298 g/mol. The summed E-state index contributed by atoms with van der Waals surface area (Å²) in [4.78, 5) is 19.1. The number of hydrogen-bond acceptors (Lipinski definition) is 6. The van der Waals surface area contributed by atoms with E-state index >= 15 is 0 Å². The van der Waals surface area contributed by atoms with E-state index in [0.29, 0.717) is 30.6 Å². The van der Waals surface area contributed by atoms with Gasteiger partial charge in [-0.25, -0.2) is 0 Å². The van der Waals surface area contributed by atoms with Crippen molar-refractivity contribution in [3.05, 3.63) is 35.4 Å². The van der Waals surface area contributed by atoms with Crippen molar-refractivity contribution in [1.29, 1.82) is 0 Å². The standard InChI is InChI=1S/C16H19N3O4/c1-9-3-5-22-14(9)16(20)19-8-11(15-17-10(2)18-23-15)7-13-12(19)4-6-21-13/h3,5,11-13H,4,6-8H2,1-2H3/t11-,12-,13-/m1/s1. The molecule has 7 heteroatoms. The van der Waals surface area contributed by atoms with E-state index in [1.165, 1.54) is 0 Å². The van der Waals surface area contributed by atoms with Crippen LogP contribution in [0.1, 0.15) is 46.6 Å². The van der Waals surface area contributed by atoms with E-state index in [9.17, 15) is 4.79 Å². The molecule has 3 atom stereocenters.